The van der Waals surface area contributed by atoms with E-state index in [0.29, 0.717) is 10.6 Å². The van der Waals surface area contributed by atoms with Gasteiger partial charge in [-0.05, 0) is 36.6 Å². The average molecular weight is 464 g/mol. The van der Waals surface area contributed by atoms with Crippen molar-refractivity contribution in [2.45, 2.75) is 25.7 Å². The SMILES string of the molecule is CCOC(=O)c1c(C2CC2)csc1NC(=O)c1cc(OC)c(OCCOC)cc1[N+](=O)[O-]. The van der Waals surface area contributed by atoms with Crippen LogP contribution in [0.15, 0.2) is 17.5 Å². The third-order valence-corrected chi connectivity index (χ3v) is 5.73. The molecular formula is C21H24N2O8S. The second kappa shape index (κ2) is 10.4. The van der Waals surface area contributed by atoms with Gasteiger partial charge in [0, 0.05) is 13.2 Å². The highest BCUT2D eigenvalue weighted by molar-refractivity contribution is 7.15. The van der Waals surface area contributed by atoms with E-state index in [-0.39, 0.29) is 42.8 Å². The maximum absolute atomic E-state index is 13.0. The summed E-state index contributed by atoms with van der Waals surface area (Å²) >= 11 is 1.19. The summed E-state index contributed by atoms with van der Waals surface area (Å²) in [6.07, 6.45) is 1.92. The van der Waals surface area contributed by atoms with Gasteiger partial charge in [-0.1, -0.05) is 0 Å². The predicted molar refractivity (Wildman–Crippen MR) is 117 cm³/mol. The quantitative estimate of drug-likeness (QED) is 0.229. The average Bonchev–Trinajstić information content (AvgIpc) is 3.53. The number of hydrogen-bond donors (Lipinski definition) is 1. The lowest BCUT2D eigenvalue weighted by Gasteiger charge is -2.13. The number of methoxy groups -OCH3 is 2. The van der Waals surface area contributed by atoms with Gasteiger partial charge in [-0.3, -0.25) is 14.9 Å². The summed E-state index contributed by atoms with van der Waals surface area (Å²) in [5, 5.41) is 16.4. The van der Waals surface area contributed by atoms with Crippen LogP contribution in [0.3, 0.4) is 0 Å². The number of ether oxygens (including phenoxy) is 4. The number of thiophene rings is 1. The highest BCUT2D eigenvalue weighted by Crippen LogP contribution is 2.46. The van der Waals surface area contributed by atoms with Gasteiger partial charge in [0.15, 0.2) is 11.5 Å². The summed E-state index contributed by atoms with van der Waals surface area (Å²) in [6.45, 7) is 2.32. The molecule has 10 nitrogen and oxygen atoms in total. The fourth-order valence-corrected chi connectivity index (χ4v) is 4.16. The first kappa shape index (κ1) is 23.5. The molecule has 11 heteroatoms. The fourth-order valence-electron chi connectivity index (χ4n) is 3.13. The van der Waals surface area contributed by atoms with Gasteiger partial charge in [-0.15, -0.1) is 11.3 Å². The molecule has 0 spiro atoms. The van der Waals surface area contributed by atoms with Crippen LogP contribution < -0.4 is 14.8 Å². The Kier molecular flexibility index (Phi) is 7.65. The largest absolute Gasteiger partial charge is 0.493 e. The molecule has 172 valence electrons. The summed E-state index contributed by atoms with van der Waals surface area (Å²) in [5.41, 5.74) is 0.467. The van der Waals surface area contributed by atoms with Crippen LogP contribution in [0.4, 0.5) is 10.7 Å². The molecular weight excluding hydrogens is 440 g/mol. The van der Waals surface area contributed by atoms with E-state index in [1.165, 1.54) is 31.6 Å². The molecule has 1 heterocycles. The Hall–Kier alpha value is -3.18. The molecule has 0 aliphatic heterocycles. The number of nitrogens with one attached hydrogen (secondary N) is 1. The predicted octanol–water partition coefficient (Wildman–Crippen LogP) is 4.00. The molecule has 0 bridgehead atoms. The Labute approximate surface area is 188 Å². The maximum Gasteiger partial charge on any atom is 0.341 e. The van der Waals surface area contributed by atoms with Crippen molar-refractivity contribution in [1.29, 1.82) is 0 Å². The van der Waals surface area contributed by atoms with Gasteiger partial charge in [-0.25, -0.2) is 4.79 Å². The van der Waals surface area contributed by atoms with Gasteiger partial charge in [0.1, 0.15) is 17.2 Å². The molecule has 32 heavy (non-hydrogen) atoms. The topological polar surface area (TPSA) is 126 Å². The number of esters is 1. The molecule has 1 amide bonds. The Morgan fingerprint density at radius 2 is 1.97 bits per heavy atom. The smallest absolute Gasteiger partial charge is 0.341 e. The number of anilines is 1. The molecule has 1 fully saturated rings. The maximum atomic E-state index is 13.0. The summed E-state index contributed by atoms with van der Waals surface area (Å²) < 4.78 is 20.8. The van der Waals surface area contributed by atoms with E-state index in [2.05, 4.69) is 5.32 Å². The zero-order chi connectivity index (χ0) is 23.3. The lowest BCUT2D eigenvalue weighted by Crippen LogP contribution is -2.17. The molecule has 0 atom stereocenters. The lowest BCUT2D eigenvalue weighted by molar-refractivity contribution is -0.385. The third-order valence-electron chi connectivity index (χ3n) is 4.81. The lowest BCUT2D eigenvalue weighted by atomic mass is 10.1. The molecule has 1 aliphatic carbocycles. The Balaban J connectivity index is 1.94. The summed E-state index contributed by atoms with van der Waals surface area (Å²) in [7, 11) is 2.87. The van der Waals surface area contributed by atoms with Crippen molar-refractivity contribution in [2.24, 2.45) is 0 Å². The highest BCUT2D eigenvalue weighted by Gasteiger charge is 2.33. The Morgan fingerprint density at radius 3 is 2.56 bits per heavy atom. The fraction of sp³-hybridized carbons (Fsp3) is 0.429. The van der Waals surface area contributed by atoms with Crippen molar-refractivity contribution in [3.63, 3.8) is 0 Å². The molecule has 1 saturated carbocycles. The first-order chi connectivity index (χ1) is 15.4. The Bertz CT molecular complexity index is 1020. The minimum Gasteiger partial charge on any atom is -0.493 e. The second-order valence-electron chi connectivity index (χ2n) is 6.96. The van der Waals surface area contributed by atoms with Crippen molar-refractivity contribution in [2.75, 3.05) is 39.4 Å². The van der Waals surface area contributed by atoms with Crippen LogP contribution in [-0.4, -0.2) is 50.8 Å². The zero-order valence-electron chi connectivity index (χ0n) is 18.0. The monoisotopic (exact) mass is 464 g/mol. The van der Waals surface area contributed by atoms with Crippen LogP contribution in [0.25, 0.3) is 0 Å². The number of carbonyl (C=O) groups is 2. The van der Waals surface area contributed by atoms with Crippen molar-refractivity contribution in [1.82, 2.24) is 0 Å². The van der Waals surface area contributed by atoms with Gasteiger partial charge in [0.25, 0.3) is 11.6 Å². The molecule has 0 radical (unpaired) electrons. The van der Waals surface area contributed by atoms with Crippen LogP contribution in [0, 0.1) is 10.1 Å². The first-order valence-electron chi connectivity index (χ1n) is 9.99. The number of hydrogen-bond acceptors (Lipinski definition) is 9. The number of nitrogens with zero attached hydrogens (tertiary/aromatic N) is 1. The molecule has 2 aromatic rings. The standard InChI is InChI=1S/C21H24N2O8S/c1-4-30-21(25)18-14(12-5-6-12)11-32-20(18)22-19(24)13-9-16(29-3)17(31-8-7-28-2)10-15(13)23(26)27/h9-12H,4-8H2,1-3H3,(H,22,24). The van der Waals surface area contributed by atoms with E-state index in [1.807, 2.05) is 5.38 Å². The first-order valence-corrected chi connectivity index (χ1v) is 10.9. The van der Waals surface area contributed by atoms with Crippen molar-refractivity contribution >= 4 is 33.9 Å². The van der Waals surface area contributed by atoms with Crippen LogP contribution in [-0.2, 0) is 9.47 Å². The minimum absolute atomic E-state index is 0.118. The van der Waals surface area contributed by atoms with E-state index in [9.17, 15) is 19.7 Å². The van der Waals surface area contributed by atoms with Gasteiger partial charge < -0.3 is 24.3 Å². The highest BCUT2D eigenvalue weighted by atomic mass is 32.1. The van der Waals surface area contributed by atoms with E-state index < -0.39 is 22.5 Å². The van der Waals surface area contributed by atoms with Gasteiger partial charge in [0.2, 0.25) is 0 Å². The van der Waals surface area contributed by atoms with Crippen molar-refractivity contribution in [3.8, 4) is 11.5 Å². The number of nitro groups is 1. The number of amides is 1. The van der Waals surface area contributed by atoms with Crippen LogP contribution >= 0.6 is 11.3 Å². The molecule has 0 saturated heterocycles. The number of nitro benzene ring substituents is 1. The molecule has 1 aromatic carbocycles. The minimum atomic E-state index is -0.742. The zero-order valence-corrected chi connectivity index (χ0v) is 18.8. The third kappa shape index (κ3) is 5.17. The van der Waals surface area contributed by atoms with Crippen LogP contribution in [0.1, 0.15) is 52.0 Å². The molecule has 1 N–H and O–H groups in total. The van der Waals surface area contributed by atoms with E-state index >= 15 is 0 Å². The molecule has 1 aliphatic rings. The summed E-state index contributed by atoms with van der Waals surface area (Å²) in [4.78, 5) is 36.5. The number of benzene rings is 1. The van der Waals surface area contributed by atoms with Crippen molar-refractivity contribution in [3.05, 3.63) is 44.3 Å². The van der Waals surface area contributed by atoms with Gasteiger partial charge in [0.05, 0.1) is 36.9 Å². The van der Waals surface area contributed by atoms with E-state index in [0.717, 1.165) is 24.5 Å². The van der Waals surface area contributed by atoms with Gasteiger partial charge >= 0.3 is 5.97 Å². The van der Waals surface area contributed by atoms with Gasteiger partial charge in [-0.2, -0.15) is 0 Å². The summed E-state index contributed by atoms with van der Waals surface area (Å²) in [6, 6.07) is 2.38. The van der Waals surface area contributed by atoms with E-state index in [1.54, 1.807) is 6.92 Å². The van der Waals surface area contributed by atoms with Crippen LogP contribution in [0.2, 0.25) is 0 Å². The molecule has 3 rings (SSSR count). The summed E-state index contributed by atoms with van der Waals surface area (Å²) in [5.74, 6) is -0.734. The molecule has 0 unspecified atom stereocenters. The Morgan fingerprint density at radius 1 is 1.22 bits per heavy atom. The van der Waals surface area contributed by atoms with E-state index in [4.69, 9.17) is 18.9 Å². The molecule has 1 aromatic heterocycles. The number of rotatable bonds is 11. The van der Waals surface area contributed by atoms with Crippen molar-refractivity contribution < 1.29 is 33.5 Å². The number of carbonyl (C=O) groups excluding carboxylic acids is 2. The normalized spacial score (nSPS) is 12.8. The van der Waals surface area contributed by atoms with Crippen LogP contribution in [0.5, 0.6) is 11.5 Å². The second-order valence-corrected chi connectivity index (χ2v) is 7.84.